The number of carbonyl (C=O) groups excluding carboxylic acids is 1. The van der Waals surface area contributed by atoms with Gasteiger partial charge in [-0.15, -0.1) is 0 Å². The van der Waals surface area contributed by atoms with Gasteiger partial charge in [0.15, 0.2) is 5.15 Å². The van der Waals surface area contributed by atoms with E-state index < -0.39 is 0 Å². The van der Waals surface area contributed by atoms with Crippen LogP contribution in [-0.2, 0) is 17.9 Å². The first-order chi connectivity index (χ1) is 11.1. The number of fused-ring (bicyclic) bond motifs is 1. The summed E-state index contributed by atoms with van der Waals surface area (Å²) in [5.74, 6) is 0.00205. The van der Waals surface area contributed by atoms with Gasteiger partial charge in [0.1, 0.15) is 0 Å². The summed E-state index contributed by atoms with van der Waals surface area (Å²) in [4.78, 5) is 12.0. The largest absolute Gasteiger partial charge is 0.352 e. The fraction of sp³-hybridized carbons (Fsp3) is 0.222. The number of amides is 1. The smallest absolute Gasteiger partial charge is 0.222 e. The number of nitrogens with zero attached hydrogens (tertiary/aromatic N) is 2. The molecule has 1 aromatic heterocycles. The van der Waals surface area contributed by atoms with Crippen LogP contribution in [0.25, 0.3) is 10.9 Å². The van der Waals surface area contributed by atoms with Crippen molar-refractivity contribution in [2.45, 2.75) is 26.4 Å². The molecule has 0 bridgehead atoms. The molecule has 1 amide bonds. The van der Waals surface area contributed by atoms with Crippen LogP contribution in [-0.4, -0.2) is 15.7 Å². The zero-order valence-corrected chi connectivity index (χ0v) is 13.7. The maximum atomic E-state index is 12.0. The van der Waals surface area contributed by atoms with E-state index in [1.807, 2.05) is 49.4 Å². The molecule has 23 heavy (non-hydrogen) atoms. The number of halogens is 1. The zero-order chi connectivity index (χ0) is 16.2. The minimum atomic E-state index is 0.00205. The van der Waals surface area contributed by atoms with Crippen molar-refractivity contribution in [2.75, 3.05) is 0 Å². The predicted octanol–water partition coefficient (Wildman–Crippen LogP) is 3.70. The Morgan fingerprint density at radius 2 is 2.04 bits per heavy atom. The van der Waals surface area contributed by atoms with Crippen molar-refractivity contribution in [3.63, 3.8) is 0 Å². The number of rotatable bonds is 5. The lowest BCUT2D eigenvalue weighted by molar-refractivity contribution is -0.121. The third-order valence-corrected chi connectivity index (χ3v) is 4.01. The van der Waals surface area contributed by atoms with E-state index in [0.29, 0.717) is 24.7 Å². The Balaban J connectivity index is 1.58. The first-order valence-electron chi connectivity index (χ1n) is 7.57. The summed E-state index contributed by atoms with van der Waals surface area (Å²) in [5.41, 5.74) is 3.24. The van der Waals surface area contributed by atoms with Gasteiger partial charge in [-0.3, -0.25) is 9.48 Å². The fourth-order valence-corrected chi connectivity index (χ4v) is 2.83. The van der Waals surface area contributed by atoms with Crippen molar-refractivity contribution in [1.82, 2.24) is 15.1 Å². The summed E-state index contributed by atoms with van der Waals surface area (Å²) in [5, 5.41) is 8.62. The number of aromatic nitrogens is 2. The molecular formula is C18H18ClN3O. The van der Waals surface area contributed by atoms with Crippen LogP contribution in [0.2, 0.25) is 5.15 Å². The Labute approximate surface area is 140 Å². The highest BCUT2D eigenvalue weighted by Gasteiger charge is 2.09. The second-order valence-corrected chi connectivity index (χ2v) is 5.90. The molecule has 0 radical (unpaired) electrons. The summed E-state index contributed by atoms with van der Waals surface area (Å²) in [6.07, 6.45) is 0.369. The van der Waals surface area contributed by atoms with Crippen molar-refractivity contribution in [1.29, 1.82) is 0 Å². The van der Waals surface area contributed by atoms with Gasteiger partial charge in [-0.2, -0.15) is 5.10 Å². The van der Waals surface area contributed by atoms with Crippen molar-refractivity contribution in [2.24, 2.45) is 0 Å². The Morgan fingerprint density at radius 1 is 1.22 bits per heavy atom. The first kappa shape index (κ1) is 15.6. The van der Waals surface area contributed by atoms with E-state index >= 15 is 0 Å². The molecule has 0 spiro atoms. The molecule has 0 saturated carbocycles. The van der Waals surface area contributed by atoms with Crippen molar-refractivity contribution >= 4 is 28.4 Å². The molecule has 3 aromatic rings. The van der Waals surface area contributed by atoms with E-state index in [4.69, 9.17) is 11.6 Å². The average Bonchev–Trinajstić information content (AvgIpc) is 2.88. The monoisotopic (exact) mass is 327 g/mol. The molecule has 0 saturated heterocycles. The van der Waals surface area contributed by atoms with Crippen LogP contribution >= 0.6 is 11.6 Å². The minimum absolute atomic E-state index is 0.00205. The normalized spacial score (nSPS) is 10.9. The van der Waals surface area contributed by atoms with E-state index in [1.54, 1.807) is 4.68 Å². The molecule has 1 heterocycles. The number of para-hydroxylation sites is 1. The third-order valence-electron chi connectivity index (χ3n) is 3.74. The lowest BCUT2D eigenvalue weighted by Gasteiger charge is -2.07. The summed E-state index contributed by atoms with van der Waals surface area (Å²) < 4.78 is 1.78. The maximum Gasteiger partial charge on any atom is 0.222 e. The highest BCUT2D eigenvalue weighted by atomic mass is 35.5. The van der Waals surface area contributed by atoms with Gasteiger partial charge in [0.25, 0.3) is 0 Å². The lowest BCUT2D eigenvalue weighted by atomic mass is 10.1. The average molecular weight is 328 g/mol. The number of nitrogens with one attached hydrogen (secondary N) is 1. The molecule has 118 valence electrons. The van der Waals surface area contributed by atoms with Crippen LogP contribution in [0.3, 0.4) is 0 Å². The zero-order valence-electron chi connectivity index (χ0n) is 12.9. The third kappa shape index (κ3) is 3.71. The standard InChI is InChI=1S/C18H18ClN3O/c1-13-5-4-6-14(11-13)12-20-17(23)9-10-22-16-8-3-2-7-15(16)18(19)21-22/h2-8,11H,9-10,12H2,1H3,(H,20,23). The van der Waals surface area contributed by atoms with Crippen LogP contribution in [0.15, 0.2) is 48.5 Å². The molecular weight excluding hydrogens is 310 g/mol. The molecule has 2 aromatic carbocycles. The fourth-order valence-electron chi connectivity index (χ4n) is 2.58. The molecule has 0 aliphatic heterocycles. The van der Waals surface area contributed by atoms with Gasteiger partial charge in [0.2, 0.25) is 5.91 Å². The second kappa shape index (κ2) is 6.84. The summed E-state index contributed by atoms with van der Waals surface area (Å²) >= 11 is 6.12. The van der Waals surface area contributed by atoms with Gasteiger partial charge in [0.05, 0.1) is 12.1 Å². The van der Waals surface area contributed by atoms with Gasteiger partial charge in [-0.05, 0) is 24.6 Å². The SMILES string of the molecule is Cc1cccc(CNC(=O)CCn2nc(Cl)c3ccccc32)c1. The van der Waals surface area contributed by atoms with Crippen LogP contribution in [0.1, 0.15) is 17.5 Å². The summed E-state index contributed by atoms with van der Waals surface area (Å²) in [7, 11) is 0. The molecule has 0 aliphatic rings. The topological polar surface area (TPSA) is 46.9 Å². The van der Waals surface area contributed by atoms with Gasteiger partial charge in [-0.25, -0.2) is 0 Å². The van der Waals surface area contributed by atoms with Crippen LogP contribution < -0.4 is 5.32 Å². The van der Waals surface area contributed by atoms with E-state index in [2.05, 4.69) is 16.5 Å². The molecule has 0 unspecified atom stereocenters. The van der Waals surface area contributed by atoms with E-state index in [-0.39, 0.29) is 5.91 Å². The highest BCUT2D eigenvalue weighted by Crippen LogP contribution is 2.22. The number of hydrogen-bond donors (Lipinski definition) is 1. The highest BCUT2D eigenvalue weighted by molar-refractivity contribution is 6.34. The minimum Gasteiger partial charge on any atom is -0.352 e. The first-order valence-corrected chi connectivity index (χ1v) is 7.94. The van der Waals surface area contributed by atoms with Gasteiger partial charge >= 0.3 is 0 Å². The van der Waals surface area contributed by atoms with Crippen LogP contribution in [0.5, 0.6) is 0 Å². The molecule has 0 fully saturated rings. The molecule has 0 aliphatic carbocycles. The maximum absolute atomic E-state index is 12.0. The number of aryl methyl sites for hydroxylation is 2. The van der Waals surface area contributed by atoms with Crippen molar-refractivity contribution in [3.8, 4) is 0 Å². The molecule has 1 N–H and O–H groups in total. The van der Waals surface area contributed by atoms with E-state index in [9.17, 15) is 4.79 Å². The number of benzene rings is 2. The number of carbonyl (C=O) groups is 1. The van der Waals surface area contributed by atoms with Gasteiger partial charge < -0.3 is 5.32 Å². The van der Waals surface area contributed by atoms with Gasteiger partial charge in [0, 0.05) is 18.4 Å². The summed E-state index contributed by atoms with van der Waals surface area (Å²) in [6, 6.07) is 15.9. The Morgan fingerprint density at radius 3 is 2.87 bits per heavy atom. The Kier molecular flexibility index (Phi) is 4.63. The van der Waals surface area contributed by atoms with E-state index in [0.717, 1.165) is 16.5 Å². The van der Waals surface area contributed by atoms with Gasteiger partial charge in [-0.1, -0.05) is 53.6 Å². The predicted molar refractivity (Wildman–Crippen MR) is 92.4 cm³/mol. The van der Waals surface area contributed by atoms with Crippen molar-refractivity contribution in [3.05, 3.63) is 64.8 Å². The summed E-state index contributed by atoms with van der Waals surface area (Å²) in [6.45, 7) is 3.09. The molecule has 0 atom stereocenters. The van der Waals surface area contributed by atoms with Crippen LogP contribution in [0.4, 0.5) is 0 Å². The van der Waals surface area contributed by atoms with Crippen LogP contribution in [0, 0.1) is 6.92 Å². The Hall–Kier alpha value is -2.33. The number of hydrogen-bond acceptors (Lipinski definition) is 2. The Bertz CT molecular complexity index is 841. The second-order valence-electron chi connectivity index (χ2n) is 5.55. The van der Waals surface area contributed by atoms with E-state index in [1.165, 1.54) is 5.56 Å². The molecule has 5 heteroatoms. The molecule has 4 nitrogen and oxygen atoms in total. The van der Waals surface area contributed by atoms with Crippen molar-refractivity contribution < 1.29 is 4.79 Å². The quantitative estimate of drug-likeness (QED) is 0.776. The lowest BCUT2D eigenvalue weighted by Crippen LogP contribution is -2.24. The molecule has 3 rings (SSSR count).